The molecule has 1 unspecified atom stereocenters. The topological polar surface area (TPSA) is 33.2 Å². The van der Waals surface area contributed by atoms with Gasteiger partial charge in [0.15, 0.2) is 0 Å². The smallest absolute Gasteiger partial charge is 0.254 e. The Morgan fingerprint density at radius 2 is 1.90 bits per heavy atom. The molecule has 0 spiro atoms. The molecule has 1 aromatic heterocycles. The Balaban J connectivity index is 1.74. The van der Waals surface area contributed by atoms with E-state index in [9.17, 15) is 4.79 Å². The van der Waals surface area contributed by atoms with Crippen molar-refractivity contribution in [3.63, 3.8) is 0 Å². The Morgan fingerprint density at radius 3 is 2.65 bits per heavy atom. The third kappa shape index (κ3) is 2.72. The molecule has 1 atom stereocenters. The van der Waals surface area contributed by atoms with E-state index in [2.05, 4.69) is 29.2 Å². The van der Waals surface area contributed by atoms with Gasteiger partial charge >= 0.3 is 0 Å². The third-order valence-electron chi connectivity index (χ3n) is 3.88. The molecule has 1 aliphatic rings. The highest BCUT2D eigenvalue weighted by Gasteiger charge is 2.29. The molecule has 1 aromatic carbocycles. The van der Waals surface area contributed by atoms with Crippen LogP contribution in [0.1, 0.15) is 28.8 Å². The first-order valence-electron chi connectivity index (χ1n) is 7.09. The molecular weight excluding hydrogens is 248 g/mol. The number of carbonyl (C=O) groups excluding carboxylic acids is 1. The minimum atomic E-state index is 0.130. The van der Waals surface area contributed by atoms with Crippen LogP contribution in [0, 0.1) is 0 Å². The molecule has 3 nitrogen and oxygen atoms in total. The average Bonchev–Trinajstić information content (AvgIpc) is 2.96. The summed E-state index contributed by atoms with van der Waals surface area (Å²) in [5.74, 6) is 0.130. The van der Waals surface area contributed by atoms with Crippen LogP contribution in [0.2, 0.25) is 0 Å². The second-order valence-corrected chi connectivity index (χ2v) is 5.22. The predicted molar refractivity (Wildman–Crippen MR) is 78.4 cm³/mol. The maximum Gasteiger partial charge on any atom is 0.254 e. The zero-order chi connectivity index (χ0) is 13.8. The summed E-state index contributed by atoms with van der Waals surface area (Å²) >= 11 is 0. The van der Waals surface area contributed by atoms with E-state index in [1.807, 2.05) is 11.0 Å². The molecule has 0 saturated carbocycles. The van der Waals surface area contributed by atoms with Crippen molar-refractivity contribution in [1.82, 2.24) is 9.88 Å². The number of amides is 1. The van der Waals surface area contributed by atoms with Gasteiger partial charge in [-0.2, -0.15) is 0 Å². The molecule has 1 saturated heterocycles. The van der Waals surface area contributed by atoms with Crippen LogP contribution in [0.3, 0.4) is 0 Å². The summed E-state index contributed by atoms with van der Waals surface area (Å²) in [7, 11) is 0. The van der Waals surface area contributed by atoms with Gasteiger partial charge in [0, 0.05) is 30.5 Å². The van der Waals surface area contributed by atoms with Crippen LogP contribution in [0.5, 0.6) is 0 Å². The lowest BCUT2D eigenvalue weighted by Gasteiger charge is -2.25. The molecule has 0 N–H and O–H groups in total. The number of likely N-dealkylation sites (tertiary alicyclic amines) is 1. The van der Waals surface area contributed by atoms with Crippen LogP contribution in [0.25, 0.3) is 0 Å². The Bertz CT molecular complexity index is 568. The Labute approximate surface area is 119 Å². The van der Waals surface area contributed by atoms with Gasteiger partial charge in [0.25, 0.3) is 5.91 Å². The van der Waals surface area contributed by atoms with Crippen molar-refractivity contribution in [1.29, 1.82) is 0 Å². The number of aromatic nitrogens is 1. The third-order valence-corrected chi connectivity index (χ3v) is 3.88. The van der Waals surface area contributed by atoms with Gasteiger partial charge in [-0.1, -0.05) is 30.3 Å². The summed E-state index contributed by atoms with van der Waals surface area (Å²) < 4.78 is 0. The minimum Gasteiger partial charge on any atom is -0.335 e. The molecular formula is C17H18N2O. The SMILES string of the molecule is O=C(c1ccncc1)N1CCCC1Cc1ccccc1. The van der Waals surface area contributed by atoms with Crippen molar-refractivity contribution in [3.05, 3.63) is 66.0 Å². The molecule has 2 heterocycles. The van der Waals surface area contributed by atoms with Crippen molar-refractivity contribution in [3.8, 4) is 0 Å². The molecule has 0 radical (unpaired) electrons. The highest BCUT2D eigenvalue weighted by molar-refractivity contribution is 5.94. The minimum absolute atomic E-state index is 0.130. The van der Waals surface area contributed by atoms with E-state index in [0.29, 0.717) is 6.04 Å². The molecule has 2 aromatic rings. The predicted octanol–water partition coefficient (Wildman–Crippen LogP) is 2.93. The number of benzene rings is 1. The molecule has 1 fully saturated rings. The van der Waals surface area contributed by atoms with Gasteiger partial charge in [0.1, 0.15) is 0 Å². The zero-order valence-corrected chi connectivity index (χ0v) is 11.4. The van der Waals surface area contributed by atoms with Gasteiger partial charge in [0.05, 0.1) is 0 Å². The van der Waals surface area contributed by atoms with Gasteiger partial charge in [-0.15, -0.1) is 0 Å². The molecule has 3 rings (SSSR count). The van der Waals surface area contributed by atoms with E-state index < -0.39 is 0 Å². The van der Waals surface area contributed by atoms with Crippen LogP contribution in [-0.4, -0.2) is 28.4 Å². The molecule has 20 heavy (non-hydrogen) atoms. The first-order chi connectivity index (χ1) is 9.84. The highest BCUT2D eigenvalue weighted by Crippen LogP contribution is 2.23. The monoisotopic (exact) mass is 266 g/mol. The molecule has 0 bridgehead atoms. The van der Waals surface area contributed by atoms with Crippen LogP contribution >= 0.6 is 0 Å². The fourth-order valence-corrected chi connectivity index (χ4v) is 2.86. The lowest BCUT2D eigenvalue weighted by molar-refractivity contribution is 0.0736. The van der Waals surface area contributed by atoms with Crippen LogP contribution in [0.4, 0.5) is 0 Å². The Hall–Kier alpha value is -2.16. The molecule has 0 aliphatic carbocycles. The largest absolute Gasteiger partial charge is 0.335 e. The average molecular weight is 266 g/mol. The summed E-state index contributed by atoms with van der Waals surface area (Å²) in [6.07, 6.45) is 6.47. The Morgan fingerprint density at radius 1 is 1.15 bits per heavy atom. The molecule has 102 valence electrons. The first kappa shape index (κ1) is 12.9. The second-order valence-electron chi connectivity index (χ2n) is 5.22. The van der Waals surface area contributed by atoms with Gasteiger partial charge in [-0.05, 0) is 37.0 Å². The van der Waals surface area contributed by atoms with E-state index >= 15 is 0 Å². The number of hydrogen-bond donors (Lipinski definition) is 0. The van der Waals surface area contributed by atoms with Gasteiger partial charge in [-0.25, -0.2) is 0 Å². The van der Waals surface area contributed by atoms with Crippen molar-refractivity contribution in [2.24, 2.45) is 0 Å². The van der Waals surface area contributed by atoms with Gasteiger partial charge < -0.3 is 4.90 Å². The van der Waals surface area contributed by atoms with Gasteiger partial charge in [-0.3, -0.25) is 9.78 Å². The van der Waals surface area contributed by atoms with Crippen LogP contribution < -0.4 is 0 Å². The van der Waals surface area contributed by atoms with E-state index in [4.69, 9.17) is 0 Å². The maximum absolute atomic E-state index is 12.5. The van der Waals surface area contributed by atoms with Crippen LogP contribution in [0.15, 0.2) is 54.9 Å². The number of rotatable bonds is 3. The quantitative estimate of drug-likeness (QED) is 0.855. The number of pyridine rings is 1. The van der Waals surface area contributed by atoms with Crippen molar-refractivity contribution >= 4 is 5.91 Å². The van der Waals surface area contributed by atoms with E-state index in [1.165, 1.54) is 5.56 Å². The number of nitrogens with zero attached hydrogens (tertiary/aromatic N) is 2. The Kier molecular flexibility index (Phi) is 3.77. The summed E-state index contributed by atoms with van der Waals surface area (Å²) in [6.45, 7) is 0.860. The fraction of sp³-hybridized carbons (Fsp3) is 0.294. The number of carbonyl (C=O) groups is 1. The summed E-state index contributed by atoms with van der Waals surface area (Å²) in [5.41, 5.74) is 2.03. The molecule has 3 heteroatoms. The van der Waals surface area contributed by atoms with Crippen LogP contribution in [-0.2, 0) is 6.42 Å². The highest BCUT2D eigenvalue weighted by atomic mass is 16.2. The number of hydrogen-bond acceptors (Lipinski definition) is 2. The van der Waals surface area contributed by atoms with Crippen molar-refractivity contribution in [2.45, 2.75) is 25.3 Å². The van der Waals surface area contributed by atoms with Crippen molar-refractivity contribution < 1.29 is 4.79 Å². The van der Waals surface area contributed by atoms with E-state index in [-0.39, 0.29) is 5.91 Å². The lowest BCUT2D eigenvalue weighted by atomic mass is 10.0. The molecule has 1 amide bonds. The summed E-state index contributed by atoms with van der Waals surface area (Å²) in [5, 5.41) is 0. The fourth-order valence-electron chi connectivity index (χ4n) is 2.86. The molecule has 1 aliphatic heterocycles. The normalized spacial score (nSPS) is 18.2. The lowest BCUT2D eigenvalue weighted by Crippen LogP contribution is -2.36. The van der Waals surface area contributed by atoms with E-state index in [1.54, 1.807) is 24.5 Å². The zero-order valence-electron chi connectivity index (χ0n) is 11.4. The van der Waals surface area contributed by atoms with E-state index in [0.717, 1.165) is 31.4 Å². The summed E-state index contributed by atoms with van der Waals surface area (Å²) in [4.78, 5) is 18.5. The van der Waals surface area contributed by atoms with Crippen molar-refractivity contribution in [2.75, 3.05) is 6.54 Å². The maximum atomic E-state index is 12.5. The summed E-state index contributed by atoms with van der Waals surface area (Å²) in [6, 6.07) is 14.3. The second kappa shape index (κ2) is 5.87. The first-order valence-corrected chi connectivity index (χ1v) is 7.09. The van der Waals surface area contributed by atoms with Gasteiger partial charge in [0.2, 0.25) is 0 Å². The standard InChI is InChI=1S/C17H18N2O/c20-17(15-8-10-18-11-9-15)19-12-4-7-16(19)13-14-5-2-1-3-6-14/h1-3,5-6,8-11,16H,4,7,12-13H2.